The molecule has 2 rings (SSSR count). The molecule has 15 nitrogen and oxygen atoms in total. The van der Waals surface area contributed by atoms with Gasteiger partial charge in [-0.25, -0.2) is 0 Å². The molecule has 0 saturated carbocycles. The van der Waals surface area contributed by atoms with E-state index in [9.17, 15) is 40.5 Å². The van der Waals surface area contributed by atoms with Crippen LogP contribution >= 0.6 is 0 Å². The highest BCUT2D eigenvalue weighted by molar-refractivity contribution is 5.56. The van der Waals surface area contributed by atoms with Crippen molar-refractivity contribution in [2.45, 2.75) is 73.6 Å². The Labute approximate surface area is 175 Å². The van der Waals surface area contributed by atoms with E-state index in [1.165, 1.54) is 0 Å². The van der Waals surface area contributed by atoms with Gasteiger partial charge in [-0.05, 0) is 0 Å². The molecule has 184 valence electrons. The lowest BCUT2D eigenvalue weighted by Gasteiger charge is -2.41. The average molecular weight is 462 g/mol. The van der Waals surface area contributed by atoms with Gasteiger partial charge in [-0.3, -0.25) is 0 Å². The van der Waals surface area contributed by atoms with Crippen LogP contribution in [0.2, 0.25) is 0 Å². The van der Waals surface area contributed by atoms with Crippen molar-refractivity contribution in [3.8, 4) is 0 Å². The predicted molar refractivity (Wildman–Crippen MR) is 93.8 cm³/mol. The van der Waals surface area contributed by atoms with Gasteiger partial charge in [0.25, 0.3) is 0 Å². The van der Waals surface area contributed by atoms with Crippen LogP contribution in [-0.4, -0.2) is 156 Å². The van der Waals surface area contributed by atoms with Crippen LogP contribution in [0.4, 0.5) is 0 Å². The second kappa shape index (κ2) is 13.0. The lowest BCUT2D eigenvalue weighted by Crippen LogP contribution is -2.61. The Hall–Kier alpha value is -0.890. The van der Waals surface area contributed by atoms with Gasteiger partial charge in [-0.15, -0.1) is 0 Å². The minimum atomic E-state index is -1.74. The molecule has 0 aliphatic carbocycles. The molecule has 0 spiro atoms. The highest BCUT2D eigenvalue weighted by Crippen LogP contribution is 2.24. The van der Waals surface area contributed by atoms with Crippen LogP contribution in [0.25, 0.3) is 0 Å². The molecule has 0 aromatic rings. The van der Waals surface area contributed by atoms with Crippen molar-refractivity contribution in [1.29, 1.82) is 0 Å². The number of rotatable bonds is 7. The quantitative estimate of drug-likeness (QED) is 0.157. The molecule has 11 N–H and O–H groups in total. The monoisotopic (exact) mass is 462 g/mol. The van der Waals surface area contributed by atoms with Gasteiger partial charge in [0.1, 0.15) is 61.0 Å². The number of hydrogen-bond acceptors (Lipinski definition) is 15. The summed E-state index contributed by atoms with van der Waals surface area (Å²) < 4.78 is 15.1. The summed E-state index contributed by atoms with van der Waals surface area (Å²) in [6, 6.07) is 0. The SMILES string of the molecule is O=C[C@H](O)[C@H](O)CO.OC[C@H]1O[C@H](OC[C@H]2O[C@@H](O)[C@H](O)[C@@H](O)[C@@H]2O)[C@H](O)[C@@H](O)[C@H]1O. The van der Waals surface area contributed by atoms with Gasteiger partial charge >= 0.3 is 0 Å². The minimum absolute atomic E-state index is 0.168. The van der Waals surface area contributed by atoms with Gasteiger partial charge in [0.2, 0.25) is 0 Å². The zero-order chi connectivity index (χ0) is 23.9. The van der Waals surface area contributed by atoms with E-state index in [0.29, 0.717) is 0 Å². The van der Waals surface area contributed by atoms with Crippen LogP contribution in [0.3, 0.4) is 0 Å². The number of hydrogen-bond donors (Lipinski definition) is 11. The number of aliphatic hydroxyl groups is 11. The van der Waals surface area contributed by atoms with Crippen LogP contribution in [0, 0.1) is 0 Å². The van der Waals surface area contributed by atoms with E-state index in [4.69, 9.17) is 34.6 Å². The van der Waals surface area contributed by atoms with Gasteiger partial charge in [0, 0.05) is 0 Å². The van der Waals surface area contributed by atoms with Crippen molar-refractivity contribution in [1.82, 2.24) is 0 Å². The molecule has 12 atom stereocenters. The van der Waals surface area contributed by atoms with Crippen molar-refractivity contribution in [3.05, 3.63) is 0 Å². The van der Waals surface area contributed by atoms with Crippen molar-refractivity contribution in [2.75, 3.05) is 19.8 Å². The molecule has 0 aromatic carbocycles. The Morgan fingerprint density at radius 2 is 1.32 bits per heavy atom. The zero-order valence-electron chi connectivity index (χ0n) is 16.2. The second-order valence-electron chi connectivity index (χ2n) is 6.94. The maximum Gasteiger partial charge on any atom is 0.186 e. The van der Waals surface area contributed by atoms with Crippen molar-refractivity contribution in [3.63, 3.8) is 0 Å². The van der Waals surface area contributed by atoms with Gasteiger partial charge in [0.15, 0.2) is 18.9 Å². The first-order valence-electron chi connectivity index (χ1n) is 9.22. The average Bonchev–Trinajstić information content (AvgIpc) is 2.77. The summed E-state index contributed by atoms with van der Waals surface area (Å²) in [4.78, 5) is 9.58. The van der Waals surface area contributed by atoms with Crippen LogP contribution in [0.5, 0.6) is 0 Å². The van der Waals surface area contributed by atoms with Crippen LogP contribution in [-0.2, 0) is 19.0 Å². The maximum absolute atomic E-state index is 9.78. The summed E-state index contributed by atoms with van der Waals surface area (Å²) in [5, 5.41) is 101. The molecular formula is C16H30O15. The van der Waals surface area contributed by atoms with E-state index in [0.717, 1.165) is 0 Å². The zero-order valence-corrected chi connectivity index (χ0v) is 16.2. The molecular weight excluding hydrogens is 432 g/mol. The van der Waals surface area contributed by atoms with Crippen molar-refractivity contribution < 1.29 is 75.2 Å². The first-order valence-corrected chi connectivity index (χ1v) is 9.22. The third kappa shape index (κ3) is 7.31. The van der Waals surface area contributed by atoms with Crippen LogP contribution in [0.15, 0.2) is 0 Å². The summed E-state index contributed by atoms with van der Waals surface area (Å²) in [5.74, 6) is 0. The standard InChI is InChI=1S/C12H22O11.C4H8O4/c13-1-3-5(14)8(17)10(19)12(23-3)21-2-4-6(15)7(16)9(18)11(20)22-4;5-1-3(7)4(8)2-6/h3-20H,1-2H2;1,3-4,6-8H,2H2/t3-,4-,5+,6-,7+,8+,9-,10-,11-,12+;3-,4+/m10/s1. The van der Waals surface area contributed by atoms with Gasteiger partial charge in [-0.2, -0.15) is 0 Å². The Bertz CT molecular complexity index is 521. The molecule has 2 aliphatic rings. The second-order valence-corrected chi connectivity index (χ2v) is 6.94. The van der Waals surface area contributed by atoms with E-state index >= 15 is 0 Å². The lowest BCUT2D eigenvalue weighted by molar-refractivity contribution is -0.325. The summed E-state index contributed by atoms with van der Waals surface area (Å²) in [5.41, 5.74) is 0. The minimum Gasteiger partial charge on any atom is -0.394 e. The first-order chi connectivity index (χ1) is 14.5. The molecule has 0 radical (unpaired) electrons. The summed E-state index contributed by atoms with van der Waals surface area (Å²) in [7, 11) is 0. The summed E-state index contributed by atoms with van der Waals surface area (Å²) in [6.45, 7) is -1.69. The van der Waals surface area contributed by atoms with E-state index in [1.54, 1.807) is 0 Å². The molecule has 2 aliphatic heterocycles. The van der Waals surface area contributed by atoms with Crippen molar-refractivity contribution in [2.24, 2.45) is 0 Å². The fourth-order valence-electron chi connectivity index (χ4n) is 2.66. The van der Waals surface area contributed by atoms with Gasteiger partial charge in [-0.1, -0.05) is 0 Å². The number of carbonyl (C=O) groups is 1. The van der Waals surface area contributed by atoms with Gasteiger partial charge in [0.05, 0.1) is 19.8 Å². The number of ether oxygens (including phenoxy) is 3. The molecule has 2 saturated heterocycles. The molecule has 0 amide bonds. The Morgan fingerprint density at radius 1 is 0.774 bits per heavy atom. The third-order valence-electron chi connectivity index (χ3n) is 4.68. The Balaban J connectivity index is 0.000000512. The fourth-order valence-corrected chi connectivity index (χ4v) is 2.66. The molecule has 2 fully saturated rings. The molecule has 0 unspecified atom stereocenters. The van der Waals surface area contributed by atoms with E-state index in [2.05, 4.69) is 0 Å². The number of aldehydes is 1. The molecule has 0 aromatic heterocycles. The van der Waals surface area contributed by atoms with E-state index in [1.807, 2.05) is 0 Å². The predicted octanol–water partition coefficient (Wildman–Crippen LogP) is -7.50. The number of carbonyl (C=O) groups excluding carboxylic acids is 1. The van der Waals surface area contributed by atoms with E-state index < -0.39 is 93.4 Å². The summed E-state index contributed by atoms with van der Waals surface area (Å²) >= 11 is 0. The highest BCUT2D eigenvalue weighted by atomic mass is 16.7. The van der Waals surface area contributed by atoms with Crippen LogP contribution < -0.4 is 0 Å². The van der Waals surface area contributed by atoms with Crippen LogP contribution in [0.1, 0.15) is 0 Å². The lowest BCUT2D eigenvalue weighted by atomic mass is 9.98. The molecule has 31 heavy (non-hydrogen) atoms. The highest BCUT2D eigenvalue weighted by Gasteiger charge is 2.46. The Morgan fingerprint density at radius 3 is 1.81 bits per heavy atom. The third-order valence-corrected chi connectivity index (χ3v) is 4.68. The van der Waals surface area contributed by atoms with Crippen molar-refractivity contribution >= 4 is 6.29 Å². The fraction of sp³-hybridized carbons (Fsp3) is 0.938. The molecule has 15 heteroatoms. The normalized spacial score (nSPS) is 42.8. The topological polar surface area (TPSA) is 267 Å². The van der Waals surface area contributed by atoms with E-state index in [-0.39, 0.29) is 6.29 Å². The first kappa shape index (κ1) is 28.1. The molecule has 2 heterocycles. The Kier molecular flexibility index (Phi) is 11.8. The number of aliphatic hydroxyl groups excluding tert-OH is 11. The smallest absolute Gasteiger partial charge is 0.186 e. The maximum atomic E-state index is 9.78. The van der Waals surface area contributed by atoms with Gasteiger partial charge < -0.3 is 75.2 Å². The summed E-state index contributed by atoms with van der Waals surface area (Å²) in [6.07, 6.45) is -17.9. The molecule has 0 bridgehead atoms. The largest absolute Gasteiger partial charge is 0.394 e.